The number of ether oxygens (including phenoxy) is 2. The Balaban J connectivity index is 2.10. The molecule has 1 atom stereocenters. The number of rotatable bonds is 9. The van der Waals surface area contributed by atoms with E-state index in [4.69, 9.17) is 20.3 Å². The predicted octanol–water partition coefficient (Wildman–Crippen LogP) is 1.08. The zero-order valence-corrected chi connectivity index (χ0v) is 21.6. The van der Waals surface area contributed by atoms with Gasteiger partial charge < -0.3 is 35.8 Å². The molecule has 1 heterocycles. The summed E-state index contributed by atoms with van der Waals surface area (Å²) in [5.41, 5.74) is 7.87. The Morgan fingerprint density at radius 1 is 1.23 bits per heavy atom. The summed E-state index contributed by atoms with van der Waals surface area (Å²) < 4.78 is 40.2. The van der Waals surface area contributed by atoms with E-state index in [0.717, 1.165) is 0 Å². The highest BCUT2D eigenvalue weighted by atomic mass is 32.2. The number of carbonyl (C=O) groups excluding carboxylic acids is 1. The molecule has 1 saturated heterocycles. The van der Waals surface area contributed by atoms with Crippen molar-refractivity contribution in [2.45, 2.75) is 51.0 Å². The molecule has 13 heteroatoms. The molecule has 1 aromatic rings. The molecule has 0 aliphatic carbocycles. The second-order valence-corrected chi connectivity index (χ2v) is 10.1. The molecule has 1 fully saturated rings. The Hall–Kier alpha value is -3.06. The summed E-state index contributed by atoms with van der Waals surface area (Å²) in [5, 5.41) is 13.8. The van der Waals surface area contributed by atoms with Crippen LogP contribution < -0.4 is 21.1 Å². The van der Waals surface area contributed by atoms with Crippen LogP contribution in [0.2, 0.25) is 0 Å². The SMILES string of the molecule is COCNC(=O)[C@H](CC1CCN(/C(N)=N/S(=O)(=O)c2c(C)cc(OC)c(C)c2C)CC1)NC(=O)O. The number of methoxy groups -OCH3 is 2. The first-order valence-electron chi connectivity index (χ1n) is 11.2. The number of nitrogens with two attached hydrogens (primary N) is 1. The fraction of sp³-hybridized carbons (Fsp3) is 0.591. The van der Waals surface area contributed by atoms with Crippen molar-refractivity contribution in [3.63, 3.8) is 0 Å². The molecule has 35 heavy (non-hydrogen) atoms. The summed E-state index contributed by atoms with van der Waals surface area (Å²) in [7, 11) is -1.11. The molecule has 2 amide bonds. The van der Waals surface area contributed by atoms with E-state index in [9.17, 15) is 18.0 Å². The highest BCUT2D eigenvalue weighted by Crippen LogP contribution is 2.31. The number of benzene rings is 1. The van der Waals surface area contributed by atoms with Crippen molar-refractivity contribution in [2.75, 3.05) is 34.0 Å². The third-order valence-corrected chi connectivity index (χ3v) is 7.75. The summed E-state index contributed by atoms with van der Waals surface area (Å²) in [4.78, 5) is 25.1. The molecule has 2 rings (SSSR count). The third-order valence-electron chi connectivity index (χ3n) is 6.18. The first-order chi connectivity index (χ1) is 16.4. The summed E-state index contributed by atoms with van der Waals surface area (Å²) in [6, 6.07) is 0.742. The van der Waals surface area contributed by atoms with Crippen molar-refractivity contribution in [3.05, 3.63) is 22.8 Å². The van der Waals surface area contributed by atoms with Crippen LogP contribution in [-0.4, -0.2) is 76.5 Å². The van der Waals surface area contributed by atoms with Gasteiger partial charge in [0.25, 0.3) is 10.0 Å². The molecule has 12 nitrogen and oxygen atoms in total. The van der Waals surface area contributed by atoms with E-state index in [1.807, 2.05) is 0 Å². The van der Waals surface area contributed by atoms with Crippen molar-refractivity contribution >= 4 is 28.0 Å². The molecule has 1 aliphatic rings. The molecular formula is C22H35N5O7S. The lowest BCUT2D eigenvalue weighted by Gasteiger charge is -2.33. The van der Waals surface area contributed by atoms with E-state index in [1.54, 1.807) is 31.7 Å². The Bertz CT molecular complexity index is 1070. The molecule has 0 bridgehead atoms. The summed E-state index contributed by atoms with van der Waals surface area (Å²) in [5.74, 6) is 0.0669. The molecule has 0 saturated carbocycles. The minimum atomic E-state index is -4.06. The predicted molar refractivity (Wildman–Crippen MR) is 130 cm³/mol. The number of hydrogen-bond acceptors (Lipinski definition) is 6. The number of sulfonamides is 1. The maximum atomic E-state index is 13.1. The van der Waals surface area contributed by atoms with Crippen LogP contribution in [0.3, 0.4) is 0 Å². The number of nitrogens with one attached hydrogen (secondary N) is 2. The molecule has 196 valence electrons. The molecule has 0 radical (unpaired) electrons. The van der Waals surface area contributed by atoms with Crippen molar-refractivity contribution in [2.24, 2.45) is 16.0 Å². The fourth-order valence-electron chi connectivity index (χ4n) is 4.23. The van der Waals surface area contributed by atoms with E-state index in [2.05, 4.69) is 15.0 Å². The van der Waals surface area contributed by atoms with Gasteiger partial charge in [-0.1, -0.05) is 0 Å². The summed E-state index contributed by atoms with van der Waals surface area (Å²) >= 11 is 0. The molecule has 0 unspecified atom stereocenters. The number of carboxylic acid groups (broad SMARTS) is 1. The van der Waals surface area contributed by atoms with Crippen LogP contribution in [0.5, 0.6) is 5.75 Å². The topological polar surface area (TPSA) is 173 Å². The fourth-order valence-corrected chi connectivity index (χ4v) is 5.69. The van der Waals surface area contributed by atoms with E-state index in [1.165, 1.54) is 14.2 Å². The van der Waals surface area contributed by atoms with Crippen LogP contribution in [-0.2, 0) is 19.6 Å². The maximum Gasteiger partial charge on any atom is 0.405 e. The van der Waals surface area contributed by atoms with Gasteiger partial charge in [0.05, 0.1) is 12.0 Å². The van der Waals surface area contributed by atoms with E-state index in [0.29, 0.717) is 54.8 Å². The minimum Gasteiger partial charge on any atom is -0.496 e. The lowest BCUT2D eigenvalue weighted by molar-refractivity contribution is -0.125. The van der Waals surface area contributed by atoms with Crippen LogP contribution in [0.1, 0.15) is 36.0 Å². The van der Waals surface area contributed by atoms with Gasteiger partial charge in [-0.2, -0.15) is 8.42 Å². The highest BCUT2D eigenvalue weighted by molar-refractivity contribution is 7.90. The van der Waals surface area contributed by atoms with Crippen LogP contribution in [0.25, 0.3) is 0 Å². The first-order valence-corrected chi connectivity index (χ1v) is 12.6. The van der Waals surface area contributed by atoms with Gasteiger partial charge in [0, 0.05) is 20.2 Å². The number of aryl methyl sites for hydroxylation is 1. The zero-order valence-electron chi connectivity index (χ0n) is 20.8. The Morgan fingerprint density at radius 2 is 1.86 bits per heavy atom. The highest BCUT2D eigenvalue weighted by Gasteiger charge is 2.29. The Labute approximate surface area is 205 Å². The van der Waals surface area contributed by atoms with Crippen LogP contribution in [0, 0.1) is 26.7 Å². The van der Waals surface area contributed by atoms with Crippen LogP contribution >= 0.6 is 0 Å². The lowest BCUT2D eigenvalue weighted by atomic mass is 9.90. The number of piperidine rings is 1. The van der Waals surface area contributed by atoms with Gasteiger partial charge in [-0.05, 0) is 68.7 Å². The molecule has 5 N–H and O–H groups in total. The van der Waals surface area contributed by atoms with Gasteiger partial charge in [-0.25, -0.2) is 4.79 Å². The van der Waals surface area contributed by atoms with Crippen molar-refractivity contribution < 1.29 is 32.6 Å². The molecule has 0 spiro atoms. The van der Waals surface area contributed by atoms with E-state index >= 15 is 0 Å². The van der Waals surface area contributed by atoms with Crippen molar-refractivity contribution in [1.82, 2.24) is 15.5 Å². The molecule has 0 aromatic heterocycles. The first kappa shape index (κ1) is 28.2. The lowest BCUT2D eigenvalue weighted by Crippen LogP contribution is -2.49. The van der Waals surface area contributed by atoms with Gasteiger partial charge in [-0.15, -0.1) is 4.40 Å². The van der Waals surface area contributed by atoms with Gasteiger partial charge in [0.15, 0.2) is 0 Å². The smallest absolute Gasteiger partial charge is 0.405 e. The average molecular weight is 514 g/mol. The Kier molecular flexibility index (Phi) is 9.72. The number of guanidine groups is 1. The number of amides is 2. The number of nitrogens with zero attached hydrogens (tertiary/aromatic N) is 2. The second kappa shape index (κ2) is 12.1. The van der Waals surface area contributed by atoms with Crippen molar-refractivity contribution in [1.29, 1.82) is 0 Å². The largest absolute Gasteiger partial charge is 0.496 e. The quantitative estimate of drug-likeness (QED) is 0.214. The van der Waals surface area contributed by atoms with Gasteiger partial charge in [0.2, 0.25) is 11.9 Å². The molecular weight excluding hydrogens is 478 g/mol. The number of hydrogen-bond donors (Lipinski definition) is 4. The normalized spacial score (nSPS) is 16.0. The average Bonchev–Trinajstić information content (AvgIpc) is 2.79. The maximum absolute atomic E-state index is 13.1. The second-order valence-electron chi connectivity index (χ2n) is 8.54. The molecule has 1 aliphatic heterocycles. The zero-order chi connectivity index (χ0) is 26.3. The van der Waals surface area contributed by atoms with E-state index in [-0.39, 0.29) is 23.5 Å². The van der Waals surface area contributed by atoms with Gasteiger partial charge in [0.1, 0.15) is 18.5 Å². The monoisotopic (exact) mass is 513 g/mol. The van der Waals surface area contributed by atoms with Crippen LogP contribution in [0.4, 0.5) is 4.79 Å². The standard InChI is InChI=1S/C22H35N5O7S/c1-13-10-18(34-5)14(2)15(3)19(13)35(31,32)26-21(23)27-8-6-16(7-9-27)11-17(25-22(29)30)20(28)24-12-33-4/h10,16-17,25H,6-9,11-12H2,1-5H3,(H2,23,26)(H,24,28)(H,29,30)/t17-/m0/s1. The number of likely N-dealkylation sites (tertiary alicyclic amines) is 1. The summed E-state index contributed by atoms with van der Waals surface area (Å²) in [6.07, 6.45) is 0.187. The Morgan fingerprint density at radius 3 is 2.40 bits per heavy atom. The molecule has 1 aromatic carbocycles. The minimum absolute atomic E-state index is 0.0246. The van der Waals surface area contributed by atoms with Crippen molar-refractivity contribution in [3.8, 4) is 5.75 Å². The van der Waals surface area contributed by atoms with Crippen LogP contribution in [0.15, 0.2) is 15.4 Å². The number of carbonyl (C=O) groups is 2. The summed E-state index contributed by atoms with van der Waals surface area (Å²) in [6.45, 7) is 6.00. The van der Waals surface area contributed by atoms with Gasteiger partial charge in [-0.3, -0.25) is 4.79 Å². The van der Waals surface area contributed by atoms with Gasteiger partial charge >= 0.3 is 6.09 Å². The van der Waals surface area contributed by atoms with E-state index < -0.39 is 28.1 Å². The third kappa shape index (κ3) is 7.21.